The van der Waals surface area contributed by atoms with E-state index in [-0.39, 0.29) is 29.8 Å². The number of hydrogen-bond acceptors (Lipinski definition) is 3. The molecule has 0 aliphatic carbocycles. The topological polar surface area (TPSA) is 36.9 Å². The highest BCUT2D eigenvalue weighted by atomic mass is 127. The Balaban J connectivity index is 0.00000312. The van der Waals surface area contributed by atoms with Gasteiger partial charge in [-0.15, -0.1) is 35.7 Å². The van der Waals surface area contributed by atoms with Crippen LogP contribution in [0, 0.1) is 11.7 Å². The third-order valence-corrected chi connectivity index (χ3v) is 5.07. The average molecular weight is 481 g/mol. The summed E-state index contributed by atoms with van der Waals surface area (Å²) >= 11 is 1.75. The van der Waals surface area contributed by atoms with Gasteiger partial charge in [-0.1, -0.05) is 0 Å². The maximum absolute atomic E-state index is 12.9. The molecular formula is C18H29FIN3OS. The fourth-order valence-electron chi connectivity index (χ4n) is 2.79. The number of likely N-dealkylation sites (tertiary alicyclic amines) is 1. The van der Waals surface area contributed by atoms with Crippen LogP contribution >= 0.6 is 35.7 Å². The van der Waals surface area contributed by atoms with Gasteiger partial charge in [-0.05, 0) is 49.8 Å². The number of halogens is 2. The van der Waals surface area contributed by atoms with Crippen molar-refractivity contribution in [3.63, 3.8) is 0 Å². The number of benzene rings is 1. The summed E-state index contributed by atoms with van der Waals surface area (Å²) in [5, 5.41) is 3.39. The molecule has 0 spiro atoms. The highest BCUT2D eigenvalue weighted by molar-refractivity contribution is 14.0. The van der Waals surface area contributed by atoms with E-state index in [2.05, 4.69) is 17.1 Å². The first-order chi connectivity index (χ1) is 11.7. The fraction of sp³-hybridized carbons (Fsp3) is 0.611. The Morgan fingerprint density at radius 2 is 2.16 bits per heavy atom. The molecule has 1 aliphatic heterocycles. The van der Waals surface area contributed by atoms with Crippen LogP contribution in [0.5, 0.6) is 0 Å². The smallest absolute Gasteiger partial charge is 0.193 e. The Bertz CT molecular complexity index is 516. The molecule has 0 aromatic heterocycles. The largest absolute Gasteiger partial charge is 0.384 e. The summed E-state index contributed by atoms with van der Waals surface area (Å²) in [7, 11) is 1.76. The Morgan fingerprint density at radius 1 is 1.40 bits per heavy atom. The van der Waals surface area contributed by atoms with E-state index in [0.717, 1.165) is 55.8 Å². The third-order valence-electron chi connectivity index (χ3n) is 3.97. The highest BCUT2D eigenvalue weighted by Crippen LogP contribution is 2.19. The van der Waals surface area contributed by atoms with Gasteiger partial charge in [-0.25, -0.2) is 4.39 Å². The molecule has 142 valence electrons. The molecule has 0 amide bonds. The predicted molar refractivity (Wildman–Crippen MR) is 115 cm³/mol. The van der Waals surface area contributed by atoms with Crippen LogP contribution < -0.4 is 5.32 Å². The minimum absolute atomic E-state index is 0. The normalized spacial score (nSPS) is 17.5. The standard InChI is InChI=1S/C18H28FN3OS.HI/c1-3-20-18(22-11-9-15(13-22)14-23-2)21-10-4-12-24-17-7-5-16(19)6-8-17;/h5-8,15H,3-4,9-14H2,1-2H3,(H,20,21);1H. The van der Waals surface area contributed by atoms with Crippen LogP contribution in [-0.4, -0.2) is 56.5 Å². The second kappa shape index (κ2) is 12.8. The summed E-state index contributed by atoms with van der Waals surface area (Å²) in [5.41, 5.74) is 0. The van der Waals surface area contributed by atoms with Gasteiger partial charge in [0.15, 0.2) is 5.96 Å². The zero-order valence-electron chi connectivity index (χ0n) is 15.0. The van der Waals surface area contributed by atoms with Crippen molar-refractivity contribution in [3.05, 3.63) is 30.1 Å². The fourth-order valence-corrected chi connectivity index (χ4v) is 3.63. The first-order valence-corrected chi connectivity index (χ1v) is 9.62. The lowest BCUT2D eigenvalue weighted by molar-refractivity contribution is 0.157. The van der Waals surface area contributed by atoms with Gasteiger partial charge >= 0.3 is 0 Å². The van der Waals surface area contributed by atoms with Gasteiger partial charge in [0, 0.05) is 44.1 Å². The van der Waals surface area contributed by atoms with Crippen molar-refractivity contribution in [2.24, 2.45) is 10.9 Å². The zero-order chi connectivity index (χ0) is 17.2. The summed E-state index contributed by atoms with van der Waals surface area (Å²) in [6.07, 6.45) is 2.17. The van der Waals surface area contributed by atoms with Gasteiger partial charge in [0.1, 0.15) is 5.82 Å². The minimum atomic E-state index is -0.184. The van der Waals surface area contributed by atoms with Gasteiger partial charge in [0.05, 0.1) is 6.61 Å². The van der Waals surface area contributed by atoms with Crippen LogP contribution in [0.15, 0.2) is 34.2 Å². The molecule has 1 aliphatic rings. The number of rotatable bonds is 8. The van der Waals surface area contributed by atoms with Crippen molar-refractivity contribution in [2.75, 3.05) is 45.6 Å². The molecule has 2 rings (SSSR count). The molecule has 1 atom stereocenters. The van der Waals surface area contributed by atoms with Crippen LogP contribution in [-0.2, 0) is 4.74 Å². The van der Waals surface area contributed by atoms with Gasteiger partial charge in [-0.2, -0.15) is 0 Å². The molecule has 0 radical (unpaired) electrons. The van der Waals surface area contributed by atoms with Crippen LogP contribution in [0.4, 0.5) is 4.39 Å². The number of thioether (sulfide) groups is 1. The molecule has 1 unspecified atom stereocenters. The molecular weight excluding hydrogens is 452 g/mol. The van der Waals surface area contributed by atoms with Crippen molar-refractivity contribution in [2.45, 2.75) is 24.7 Å². The van der Waals surface area contributed by atoms with Gasteiger partial charge in [0.25, 0.3) is 0 Å². The first kappa shape index (κ1) is 22.5. The first-order valence-electron chi connectivity index (χ1n) is 8.63. The number of hydrogen-bond donors (Lipinski definition) is 1. The lowest BCUT2D eigenvalue weighted by Gasteiger charge is -2.21. The Kier molecular flexibility index (Phi) is 11.5. The average Bonchev–Trinajstić information content (AvgIpc) is 3.04. The number of guanidine groups is 1. The van der Waals surface area contributed by atoms with Crippen LogP contribution in [0.3, 0.4) is 0 Å². The highest BCUT2D eigenvalue weighted by Gasteiger charge is 2.24. The third kappa shape index (κ3) is 8.13. The molecule has 1 saturated heterocycles. The summed E-state index contributed by atoms with van der Waals surface area (Å²) in [6, 6.07) is 6.67. The van der Waals surface area contributed by atoms with Gasteiger partial charge in [-0.3, -0.25) is 4.99 Å². The summed E-state index contributed by atoms with van der Waals surface area (Å²) < 4.78 is 18.1. The lowest BCUT2D eigenvalue weighted by atomic mass is 10.1. The summed E-state index contributed by atoms with van der Waals surface area (Å²) in [6.45, 7) is 6.68. The van der Waals surface area contributed by atoms with E-state index in [1.54, 1.807) is 18.9 Å². The molecule has 1 fully saturated rings. The van der Waals surface area contributed by atoms with E-state index in [4.69, 9.17) is 9.73 Å². The van der Waals surface area contributed by atoms with E-state index in [0.29, 0.717) is 5.92 Å². The molecule has 1 N–H and O–H groups in total. The number of aliphatic imine (C=N–C) groups is 1. The summed E-state index contributed by atoms with van der Waals surface area (Å²) in [4.78, 5) is 8.19. The van der Waals surface area contributed by atoms with Gasteiger partial charge in [0.2, 0.25) is 0 Å². The molecule has 1 aromatic carbocycles. The number of methoxy groups -OCH3 is 1. The molecule has 4 nitrogen and oxygen atoms in total. The van der Waals surface area contributed by atoms with E-state index in [9.17, 15) is 4.39 Å². The molecule has 25 heavy (non-hydrogen) atoms. The minimum Gasteiger partial charge on any atom is -0.384 e. The van der Waals surface area contributed by atoms with E-state index in [1.807, 2.05) is 12.1 Å². The number of nitrogens with one attached hydrogen (secondary N) is 1. The SMILES string of the molecule is CCNC(=NCCCSc1ccc(F)cc1)N1CCC(COC)C1.I. The zero-order valence-corrected chi connectivity index (χ0v) is 18.2. The molecule has 7 heteroatoms. The van der Waals surface area contributed by atoms with Gasteiger partial charge < -0.3 is 15.0 Å². The predicted octanol–water partition coefficient (Wildman–Crippen LogP) is 3.86. The lowest BCUT2D eigenvalue weighted by Crippen LogP contribution is -2.40. The Hall–Kier alpha value is -0.540. The van der Waals surface area contributed by atoms with E-state index < -0.39 is 0 Å². The van der Waals surface area contributed by atoms with E-state index >= 15 is 0 Å². The molecule has 0 saturated carbocycles. The van der Waals surface area contributed by atoms with Crippen LogP contribution in [0.1, 0.15) is 19.8 Å². The van der Waals surface area contributed by atoms with Crippen molar-refractivity contribution >= 4 is 41.7 Å². The van der Waals surface area contributed by atoms with E-state index in [1.165, 1.54) is 18.6 Å². The second-order valence-corrected chi connectivity index (χ2v) is 7.12. The van der Waals surface area contributed by atoms with Crippen LogP contribution in [0.25, 0.3) is 0 Å². The van der Waals surface area contributed by atoms with Crippen LogP contribution in [0.2, 0.25) is 0 Å². The quantitative estimate of drug-likeness (QED) is 0.201. The monoisotopic (exact) mass is 481 g/mol. The number of ether oxygens (including phenoxy) is 1. The van der Waals surface area contributed by atoms with Crippen molar-refractivity contribution in [1.82, 2.24) is 10.2 Å². The maximum atomic E-state index is 12.9. The van der Waals surface area contributed by atoms with Crippen molar-refractivity contribution in [1.29, 1.82) is 0 Å². The number of nitrogens with zero attached hydrogens (tertiary/aromatic N) is 2. The van der Waals surface area contributed by atoms with Crippen molar-refractivity contribution in [3.8, 4) is 0 Å². The molecule has 0 bridgehead atoms. The molecule has 1 heterocycles. The maximum Gasteiger partial charge on any atom is 0.193 e. The Labute approximate surface area is 172 Å². The summed E-state index contributed by atoms with van der Waals surface area (Å²) in [5.74, 6) is 2.42. The molecule has 1 aromatic rings. The Morgan fingerprint density at radius 3 is 2.84 bits per heavy atom. The second-order valence-electron chi connectivity index (χ2n) is 5.95. The van der Waals surface area contributed by atoms with Crippen molar-refractivity contribution < 1.29 is 9.13 Å².